The SMILES string of the molecule is CCC(CC)n1ccc(CC(=O)C2CCOC2)n1. The molecule has 0 amide bonds. The predicted octanol–water partition coefficient (Wildman–Crippen LogP) is 2.39. The molecule has 0 N–H and O–H groups in total. The largest absolute Gasteiger partial charge is 0.381 e. The van der Waals surface area contributed by atoms with Crippen LogP contribution in [0.4, 0.5) is 0 Å². The number of hydrogen-bond donors (Lipinski definition) is 0. The molecule has 100 valence electrons. The van der Waals surface area contributed by atoms with E-state index >= 15 is 0 Å². The number of carbonyl (C=O) groups excluding carboxylic acids is 1. The van der Waals surface area contributed by atoms with Crippen LogP contribution < -0.4 is 0 Å². The average Bonchev–Trinajstić information content (AvgIpc) is 3.01. The zero-order chi connectivity index (χ0) is 13.0. The predicted molar refractivity (Wildman–Crippen MR) is 69.5 cm³/mol. The van der Waals surface area contributed by atoms with Crippen molar-refractivity contribution in [2.24, 2.45) is 5.92 Å². The number of rotatable bonds is 6. The summed E-state index contributed by atoms with van der Waals surface area (Å²) in [4.78, 5) is 12.0. The second kappa shape index (κ2) is 6.14. The average molecular weight is 250 g/mol. The summed E-state index contributed by atoms with van der Waals surface area (Å²) in [6.07, 6.45) is 5.45. The van der Waals surface area contributed by atoms with E-state index in [0.29, 0.717) is 19.1 Å². The molecular formula is C14H22N2O2. The molecule has 1 atom stereocenters. The highest BCUT2D eigenvalue weighted by Crippen LogP contribution is 2.17. The normalized spacial score (nSPS) is 19.6. The van der Waals surface area contributed by atoms with Crippen molar-refractivity contribution in [3.63, 3.8) is 0 Å². The lowest BCUT2D eigenvalue weighted by molar-refractivity contribution is -0.122. The lowest BCUT2D eigenvalue weighted by Gasteiger charge is -2.12. The Morgan fingerprint density at radius 2 is 2.33 bits per heavy atom. The zero-order valence-electron chi connectivity index (χ0n) is 11.3. The number of hydrogen-bond acceptors (Lipinski definition) is 3. The van der Waals surface area contributed by atoms with Gasteiger partial charge in [0.2, 0.25) is 0 Å². The Kier molecular flexibility index (Phi) is 4.53. The summed E-state index contributed by atoms with van der Waals surface area (Å²) in [5.74, 6) is 0.352. The highest BCUT2D eigenvalue weighted by Gasteiger charge is 2.24. The van der Waals surface area contributed by atoms with Crippen molar-refractivity contribution in [2.75, 3.05) is 13.2 Å². The van der Waals surface area contributed by atoms with E-state index in [1.807, 2.05) is 16.9 Å². The number of ketones is 1. The third-order valence-electron chi connectivity index (χ3n) is 3.72. The fourth-order valence-electron chi connectivity index (χ4n) is 2.45. The van der Waals surface area contributed by atoms with E-state index in [2.05, 4.69) is 18.9 Å². The molecule has 1 aliphatic rings. The smallest absolute Gasteiger partial charge is 0.144 e. The third kappa shape index (κ3) is 2.99. The molecule has 4 heteroatoms. The van der Waals surface area contributed by atoms with E-state index in [9.17, 15) is 4.79 Å². The second-order valence-electron chi connectivity index (χ2n) is 4.96. The first-order valence-corrected chi connectivity index (χ1v) is 6.89. The topological polar surface area (TPSA) is 44.1 Å². The highest BCUT2D eigenvalue weighted by atomic mass is 16.5. The van der Waals surface area contributed by atoms with Crippen LogP contribution in [0.1, 0.15) is 44.8 Å². The minimum atomic E-state index is 0.0864. The Morgan fingerprint density at radius 3 is 2.94 bits per heavy atom. The molecule has 1 fully saturated rings. The van der Waals surface area contributed by atoms with E-state index in [4.69, 9.17) is 4.74 Å². The van der Waals surface area contributed by atoms with Crippen LogP contribution in [0, 0.1) is 5.92 Å². The van der Waals surface area contributed by atoms with Gasteiger partial charge in [-0.1, -0.05) is 13.8 Å². The zero-order valence-corrected chi connectivity index (χ0v) is 11.3. The van der Waals surface area contributed by atoms with Gasteiger partial charge in [0.15, 0.2) is 0 Å². The van der Waals surface area contributed by atoms with Crippen LogP contribution in [0.5, 0.6) is 0 Å². The first-order chi connectivity index (χ1) is 8.74. The molecule has 1 saturated heterocycles. The Labute approximate surface area is 108 Å². The maximum atomic E-state index is 12.0. The van der Waals surface area contributed by atoms with Gasteiger partial charge in [-0.3, -0.25) is 9.48 Å². The standard InChI is InChI=1S/C14H22N2O2/c1-3-13(4-2)16-7-5-12(15-16)9-14(17)11-6-8-18-10-11/h5,7,11,13H,3-4,6,8-10H2,1-2H3. The van der Waals surface area contributed by atoms with Crippen molar-refractivity contribution in [1.82, 2.24) is 9.78 Å². The van der Waals surface area contributed by atoms with E-state index in [-0.39, 0.29) is 11.7 Å². The molecule has 2 rings (SSSR count). The molecule has 18 heavy (non-hydrogen) atoms. The number of aromatic nitrogens is 2. The first-order valence-electron chi connectivity index (χ1n) is 6.89. The lowest BCUT2D eigenvalue weighted by Crippen LogP contribution is -2.17. The van der Waals surface area contributed by atoms with Gasteiger partial charge in [0.05, 0.1) is 24.8 Å². The van der Waals surface area contributed by atoms with Crippen LogP contribution in [0.2, 0.25) is 0 Å². The van der Waals surface area contributed by atoms with Gasteiger partial charge >= 0.3 is 0 Å². The van der Waals surface area contributed by atoms with Gasteiger partial charge in [-0.05, 0) is 25.3 Å². The van der Waals surface area contributed by atoms with E-state index in [1.54, 1.807) is 0 Å². The maximum Gasteiger partial charge on any atom is 0.144 e. The summed E-state index contributed by atoms with van der Waals surface area (Å²) < 4.78 is 7.24. The van der Waals surface area contributed by atoms with Gasteiger partial charge < -0.3 is 4.74 Å². The van der Waals surface area contributed by atoms with Crippen LogP contribution in [-0.4, -0.2) is 28.8 Å². The molecular weight excluding hydrogens is 228 g/mol. The van der Waals surface area contributed by atoms with Crippen molar-refractivity contribution in [2.45, 2.75) is 45.6 Å². The van der Waals surface area contributed by atoms with Crippen LogP contribution in [0.15, 0.2) is 12.3 Å². The fourth-order valence-corrected chi connectivity index (χ4v) is 2.45. The minimum absolute atomic E-state index is 0.0864. The van der Waals surface area contributed by atoms with Gasteiger partial charge in [-0.15, -0.1) is 0 Å². The van der Waals surface area contributed by atoms with Crippen molar-refractivity contribution >= 4 is 5.78 Å². The van der Waals surface area contributed by atoms with Crippen molar-refractivity contribution in [1.29, 1.82) is 0 Å². The fraction of sp³-hybridized carbons (Fsp3) is 0.714. The van der Waals surface area contributed by atoms with Crippen LogP contribution in [0.3, 0.4) is 0 Å². The minimum Gasteiger partial charge on any atom is -0.381 e. The van der Waals surface area contributed by atoms with Gasteiger partial charge in [0.1, 0.15) is 5.78 Å². The monoisotopic (exact) mass is 250 g/mol. The van der Waals surface area contributed by atoms with Crippen LogP contribution >= 0.6 is 0 Å². The first kappa shape index (κ1) is 13.3. The highest BCUT2D eigenvalue weighted by molar-refractivity contribution is 5.83. The third-order valence-corrected chi connectivity index (χ3v) is 3.72. The molecule has 1 unspecified atom stereocenters. The number of ether oxygens (including phenoxy) is 1. The molecule has 2 heterocycles. The summed E-state index contributed by atoms with van der Waals surface area (Å²) in [7, 11) is 0. The lowest BCUT2D eigenvalue weighted by atomic mass is 10.00. The number of nitrogens with zero attached hydrogens (tertiary/aromatic N) is 2. The second-order valence-corrected chi connectivity index (χ2v) is 4.96. The van der Waals surface area contributed by atoms with E-state index in [1.165, 1.54) is 0 Å². The molecule has 0 saturated carbocycles. The Hall–Kier alpha value is -1.16. The van der Waals surface area contributed by atoms with Gasteiger partial charge in [-0.2, -0.15) is 5.10 Å². The quantitative estimate of drug-likeness (QED) is 0.778. The summed E-state index contributed by atoms with van der Waals surface area (Å²) in [6.45, 7) is 5.64. The molecule has 1 aliphatic heterocycles. The van der Waals surface area contributed by atoms with Gasteiger partial charge in [0, 0.05) is 18.7 Å². The number of Topliss-reactive ketones (excluding diaryl/α,β-unsaturated/α-hetero) is 1. The van der Waals surface area contributed by atoms with Crippen LogP contribution in [0.25, 0.3) is 0 Å². The van der Waals surface area contributed by atoms with Crippen molar-refractivity contribution in [3.8, 4) is 0 Å². The number of carbonyl (C=O) groups is 1. The Morgan fingerprint density at radius 1 is 1.56 bits per heavy atom. The molecule has 0 spiro atoms. The molecule has 4 nitrogen and oxygen atoms in total. The molecule has 0 aromatic carbocycles. The Balaban J connectivity index is 1.95. The maximum absolute atomic E-state index is 12.0. The molecule has 0 bridgehead atoms. The molecule has 0 radical (unpaired) electrons. The van der Waals surface area contributed by atoms with E-state index < -0.39 is 0 Å². The van der Waals surface area contributed by atoms with Crippen LogP contribution in [-0.2, 0) is 16.0 Å². The summed E-state index contributed by atoms with van der Waals surface area (Å²) in [5.41, 5.74) is 0.888. The van der Waals surface area contributed by atoms with Crippen molar-refractivity contribution in [3.05, 3.63) is 18.0 Å². The van der Waals surface area contributed by atoms with Gasteiger partial charge in [0.25, 0.3) is 0 Å². The summed E-state index contributed by atoms with van der Waals surface area (Å²) in [5, 5.41) is 4.52. The molecule has 1 aromatic heterocycles. The molecule has 0 aliphatic carbocycles. The molecule has 1 aromatic rings. The van der Waals surface area contributed by atoms with E-state index in [0.717, 1.165) is 31.6 Å². The van der Waals surface area contributed by atoms with Gasteiger partial charge in [-0.25, -0.2) is 0 Å². The summed E-state index contributed by atoms with van der Waals surface area (Å²) >= 11 is 0. The summed E-state index contributed by atoms with van der Waals surface area (Å²) in [6, 6.07) is 2.41. The van der Waals surface area contributed by atoms with Crippen molar-refractivity contribution < 1.29 is 9.53 Å². The Bertz CT molecular complexity index is 390.